The van der Waals surface area contributed by atoms with Gasteiger partial charge in [-0.05, 0) is 50.9 Å². The van der Waals surface area contributed by atoms with Crippen LogP contribution in [0.25, 0.3) is 0 Å². The third kappa shape index (κ3) is 4.29. The maximum atomic E-state index is 12.2. The number of amides is 1. The molecule has 0 bridgehead atoms. The number of benzene rings is 1. The quantitative estimate of drug-likeness (QED) is 0.895. The van der Waals surface area contributed by atoms with Gasteiger partial charge in [0, 0.05) is 11.7 Å². The predicted molar refractivity (Wildman–Crippen MR) is 85.4 cm³/mol. The van der Waals surface area contributed by atoms with Crippen molar-refractivity contribution in [2.24, 2.45) is 0 Å². The van der Waals surface area contributed by atoms with Gasteiger partial charge in [-0.2, -0.15) is 0 Å². The van der Waals surface area contributed by atoms with Crippen molar-refractivity contribution in [1.82, 2.24) is 4.90 Å². The molecule has 0 saturated heterocycles. The molecule has 1 fully saturated rings. The van der Waals surface area contributed by atoms with E-state index >= 15 is 0 Å². The van der Waals surface area contributed by atoms with Gasteiger partial charge < -0.3 is 10.4 Å². The Bertz CT molecular complexity index is 502. The first-order chi connectivity index (χ1) is 9.97. The molecule has 116 valence electrons. The van der Waals surface area contributed by atoms with E-state index in [1.807, 2.05) is 44.0 Å². The number of hydrogen-bond acceptors (Lipinski definition) is 3. The van der Waals surface area contributed by atoms with Gasteiger partial charge in [-0.15, -0.1) is 0 Å². The molecule has 1 aromatic carbocycles. The standard InChI is InChI=1S/C17H26N2O2/c1-12-8-9-13(2)14(10-12)18-17(21)11-19(3)15-6-4-5-7-16(15)20/h8-10,15-16,20H,4-7,11H2,1-3H3,(H,18,21). The molecular weight excluding hydrogens is 264 g/mol. The molecule has 1 amide bonds. The number of likely N-dealkylation sites (N-methyl/N-ethyl adjacent to an activating group) is 1. The third-order valence-electron chi connectivity index (χ3n) is 4.32. The van der Waals surface area contributed by atoms with Crippen LogP contribution in [-0.2, 0) is 4.79 Å². The molecule has 0 spiro atoms. The summed E-state index contributed by atoms with van der Waals surface area (Å²) in [6, 6.07) is 6.14. The van der Waals surface area contributed by atoms with Crippen molar-refractivity contribution < 1.29 is 9.90 Å². The van der Waals surface area contributed by atoms with Crippen LogP contribution < -0.4 is 5.32 Å². The van der Waals surface area contributed by atoms with E-state index < -0.39 is 0 Å². The van der Waals surface area contributed by atoms with Crippen molar-refractivity contribution in [3.8, 4) is 0 Å². The summed E-state index contributed by atoms with van der Waals surface area (Å²) in [7, 11) is 1.92. The van der Waals surface area contributed by atoms with Gasteiger partial charge in [-0.25, -0.2) is 0 Å². The monoisotopic (exact) mass is 290 g/mol. The van der Waals surface area contributed by atoms with Crippen molar-refractivity contribution >= 4 is 11.6 Å². The predicted octanol–water partition coefficient (Wildman–Crippen LogP) is 2.48. The molecule has 1 aromatic rings. The molecule has 4 heteroatoms. The van der Waals surface area contributed by atoms with Gasteiger partial charge in [-0.3, -0.25) is 9.69 Å². The Labute approximate surface area is 127 Å². The van der Waals surface area contributed by atoms with Crippen LogP contribution >= 0.6 is 0 Å². The van der Waals surface area contributed by atoms with Crippen LogP contribution in [0.1, 0.15) is 36.8 Å². The lowest BCUT2D eigenvalue weighted by Crippen LogP contribution is -2.46. The summed E-state index contributed by atoms with van der Waals surface area (Å²) in [5.74, 6) is -0.0241. The molecule has 21 heavy (non-hydrogen) atoms. The highest BCUT2D eigenvalue weighted by Gasteiger charge is 2.27. The van der Waals surface area contributed by atoms with Gasteiger partial charge in [0.1, 0.15) is 0 Å². The van der Waals surface area contributed by atoms with Crippen molar-refractivity contribution in [2.75, 3.05) is 18.9 Å². The van der Waals surface area contributed by atoms with Crippen LogP contribution in [0.15, 0.2) is 18.2 Å². The lowest BCUT2D eigenvalue weighted by Gasteiger charge is -2.34. The summed E-state index contributed by atoms with van der Waals surface area (Å²) in [6.07, 6.45) is 3.71. The number of aryl methyl sites for hydroxylation is 2. The first kappa shape index (κ1) is 16.0. The minimum Gasteiger partial charge on any atom is -0.391 e. The number of rotatable bonds is 4. The second-order valence-electron chi connectivity index (χ2n) is 6.20. The van der Waals surface area contributed by atoms with Crippen molar-refractivity contribution in [3.05, 3.63) is 29.3 Å². The van der Waals surface area contributed by atoms with Gasteiger partial charge in [0.15, 0.2) is 0 Å². The molecule has 4 nitrogen and oxygen atoms in total. The molecule has 1 aliphatic carbocycles. The summed E-state index contributed by atoms with van der Waals surface area (Å²) in [4.78, 5) is 14.2. The van der Waals surface area contributed by atoms with Gasteiger partial charge >= 0.3 is 0 Å². The van der Waals surface area contributed by atoms with E-state index in [2.05, 4.69) is 5.32 Å². The molecule has 2 unspecified atom stereocenters. The topological polar surface area (TPSA) is 52.6 Å². The number of hydrogen-bond donors (Lipinski definition) is 2. The number of carbonyl (C=O) groups is 1. The van der Waals surface area contributed by atoms with Gasteiger partial charge in [0.05, 0.1) is 12.6 Å². The molecule has 0 aliphatic heterocycles. The molecule has 0 heterocycles. The Balaban J connectivity index is 1.93. The van der Waals surface area contributed by atoms with Gasteiger partial charge in [0.2, 0.25) is 5.91 Å². The van der Waals surface area contributed by atoms with Crippen LogP contribution in [0.2, 0.25) is 0 Å². The highest BCUT2D eigenvalue weighted by molar-refractivity contribution is 5.93. The lowest BCUT2D eigenvalue weighted by atomic mass is 9.91. The Kier molecular flexibility index (Phi) is 5.37. The van der Waals surface area contributed by atoms with E-state index in [9.17, 15) is 9.90 Å². The van der Waals surface area contributed by atoms with E-state index in [0.29, 0.717) is 6.54 Å². The summed E-state index contributed by atoms with van der Waals surface area (Å²) >= 11 is 0. The highest BCUT2D eigenvalue weighted by atomic mass is 16.3. The fourth-order valence-electron chi connectivity index (χ4n) is 3.01. The SMILES string of the molecule is Cc1ccc(C)c(NC(=O)CN(C)C2CCCCC2O)c1. The summed E-state index contributed by atoms with van der Waals surface area (Å²) < 4.78 is 0. The van der Waals surface area contributed by atoms with Crippen LogP contribution in [0.3, 0.4) is 0 Å². The summed E-state index contributed by atoms with van der Waals surface area (Å²) in [6.45, 7) is 4.32. The molecule has 1 saturated carbocycles. The fraction of sp³-hybridized carbons (Fsp3) is 0.588. The zero-order valence-electron chi connectivity index (χ0n) is 13.2. The second kappa shape index (κ2) is 7.05. The van der Waals surface area contributed by atoms with Crippen LogP contribution in [0.4, 0.5) is 5.69 Å². The second-order valence-corrected chi connectivity index (χ2v) is 6.20. The van der Waals surface area contributed by atoms with E-state index in [1.54, 1.807) is 0 Å². The fourth-order valence-corrected chi connectivity index (χ4v) is 3.01. The molecule has 2 atom stereocenters. The Hall–Kier alpha value is -1.39. The summed E-state index contributed by atoms with van der Waals surface area (Å²) in [5, 5.41) is 13.0. The normalized spacial score (nSPS) is 22.3. The van der Waals surface area contributed by atoms with E-state index in [4.69, 9.17) is 0 Å². The van der Waals surface area contributed by atoms with Crippen LogP contribution in [0, 0.1) is 13.8 Å². The highest BCUT2D eigenvalue weighted by Crippen LogP contribution is 2.22. The zero-order valence-corrected chi connectivity index (χ0v) is 13.2. The molecule has 0 radical (unpaired) electrons. The first-order valence-corrected chi connectivity index (χ1v) is 7.73. The number of anilines is 1. The molecule has 0 aromatic heterocycles. The maximum absolute atomic E-state index is 12.2. The zero-order chi connectivity index (χ0) is 15.4. The van der Waals surface area contributed by atoms with Crippen molar-refractivity contribution in [3.63, 3.8) is 0 Å². The van der Waals surface area contributed by atoms with Crippen molar-refractivity contribution in [1.29, 1.82) is 0 Å². The minimum absolute atomic E-state index is 0.0241. The van der Waals surface area contributed by atoms with E-state index in [1.165, 1.54) is 0 Å². The molecule has 1 aliphatic rings. The number of nitrogens with zero attached hydrogens (tertiary/aromatic N) is 1. The minimum atomic E-state index is -0.308. The van der Waals surface area contributed by atoms with E-state index in [-0.39, 0.29) is 18.1 Å². The van der Waals surface area contributed by atoms with E-state index in [0.717, 1.165) is 42.5 Å². The first-order valence-electron chi connectivity index (χ1n) is 7.73. The van der Waals surface area contributed by atoms with Gasteiger partial charge in [0.25, 0.3) is 0 Å². The smallest absolute Gasteiger partial charge is 0.238 e. The number of aliphatic hydroxyl groups excluding tert-OH is 1. The molecule has 2 rings (SSSR count). The lowest BCUT2D eigenvalue weighted by molar-refractivity contribution is -0.118. The Morgan fingerprint density at radius 3 is 2.76 bits per heavy atom. The largest absolute Gasteiger partial charge is 0.391 e. The van der Waals surface area contributed by atoms with Crippen LogP contribution in [-0.4, -0.2) is 41.7 Å². The average molecular weight is 290 g/mol. The maximum Gasteiger partial charge on any atom is 0.238 e. The number of nitrogens with one attached hydrogen (secondary N) is 1. The Morgan fingerprint density at radius 2 is 2.05 bits per heavy atom. The van der Waals surface area contributed by atoms with Crippen LogP contribution in [0.5, 0.6) is 0 Å². The van der Waals surface area contributed by atoms with Crippen molar-refractivity contribution in [2.45, 2.75) is 51.7 Å². The number of aliphatic hydroxyl groups is 1. The van der Waals surface area contributed by atoms with Gasteiger partial charge in [-0.1, -0.05) is 25.0 Å². The number of carbonyl (C=O) groups excluding carboxylic acids is 1. The Morgan fingerprint density at radius 1 is 1.33 bits per heavy atom. The molecule has 2 N–H and O–H groups in total. The summed E-state index contributed by atoms with van der Waals surface area (Å²) in [5.41, 5.74) is 3.07. The molecular formula is C17H26N2O2. The average Bonchev–Trinajstić information content (AvgIpc) is 2.43. The third-order valence-corrected chi connectivity index (χ3v) is 4.32.